The zero-order valence-corrected chi connectivity index (χ0v) is 33.0. The summed E-state index contributed by atoms with van der Waals surface area (Å²) in [7, 11) is 0. The minimum absolute atomic E-state index is 1.10. The first-order valence-corrected chi connectivity index (χ1v) is 20.6. The maximum Gasteiger partial charge on any atom is 0.0547 e. The third-order valence-corrected chi connectivity index (χ3v) is 11.8. The van der Waals surface area contributed by atoms with Crippen LogP contribution >= 0.6 is 0 Å². The Labute approximate surface area is 350 Å². The second-order valence-corrected chi connectivity index (χ2v) is 15.4. The minimum Gasteiger partial charge on any atom is -0.310 e. The Bertz CT molecular complexity index is 3250. The third-order valence-electron chi connectivity index (χ3n) is 11.8. The average Bonchev–Trinajstić information content (AvgIpc) is 3.68. The second kappa shape index (κ2) is 15.1. The highest BCUT2D eigenvalue weighted by Gasteiger charge is 2.17. The number of para-hydroxylation sites is 1. The van der Waals surface area contributed by atoms with Crippen LogP contribution < -0.4 is 4.90 Å². The quantitative estimate of drug-likeness (QED) is 0.150. The lowest BCUT2D eigenvalue weighted by Gasteiger charge is -2.26. The van der Waals surface area contributed by atoms with Crippen LogP contribution in [0.4, 0.5) is 17.1 Å². The molecule has 0 aliphatic rings. The predicted octanol–water partition coefficient (Wildman–Crippen LogP) is 16.1. The highest BCUT2D eigenvalue weighted by atomic mass is 15.1. The summed E-state index contributed by atoms with van der Waals surface area (Å²) in [4.78, 5) is 2.36. The largest absolute Gasteiger partial charge is 0.310 e. The number of anilines is 3. The molecule has 0 unspecified atom stereocenters. The standard InChI is InChI=1S/C58H40N2/c1-3-12-41(13-4-1)43-22-24-44(25-23-43)46-28-35-51(36-29-46)59(50-33-26-45(27-34-50)42-14-5-2-6-15-42)53-18-11-17-49(40-53)47-30-37-52(38-31-47)60-56-21-10-9-20-55(56)58-54-19-8-7-16-48(54)32-39-57(58)60/h1-40H. The fourth-order valence-corrected chi connectivity index (χ4v) is 8.81. The van der Waals surface area contributed by atoms with E-state index < -0.39 is 0 Å². The highest BCUT2D eigenvalue weighted by molar-refractivity contribution is 6.21. The summed E-state index contributed by atoms with van der Waals surface area (Å²) in [6, 6.07) is 87.7. The van der Waals surface area contributed by atoms with Gasteiger partial charge in [-0.25, -0.2) is 0 Å². The summed E-state index contributed by atoms with van der Waals surface area (Å²) in [5.74, 6) is 0. The van der Waals surface area contributed by atoms with Crippen molar-refractivity contribution in [1.29, 1.82) is 0 Å². The summed E-state index contributed by atoms with van der Waals surface area (Å²) in [6.45, 7) is 0. The highest BCUT2D eigenvalue weighted by Crippen LogP contribution is 2.40. The molecule has 10 aromatic carbocycles. The number of aromatic nitrogens is 1. The Hall–Kier alpha value is -7.94. The van der Waals surface area contributed by atoms with Crippen molar-refractivity contribution in [3.8, 4) is 50.2 Å². The van der Waals surface area contributed by atoms with Crippen LogP contribution in [0.5, 0.6) is 0 Å². The van der Waals surface area contributed by atoms with Gasteiger partial charge in [0.1, 0.15) is 0 Å². The number of hydrogen-bond donors (Lipinski definition) is 0. The van der Waals surface area contributed by atoms with Crippen LogP contribution in [0.2, 0.25) is 0 Å². The van der Waals surface area contributed by atoms with Crippen molar-refractivity contribution in [2.75, 3.05) is 4.90 Å². The fraction of sp³-hybridized carbons (Fsp3) is 0. The molecule has 11 aromatic rings. The monoisotopic (exact) mass is 764 g/mol. The summed E-state index contributed by atoms with van der Waals surface area (Å²) in [5, 5.41) is 5.11. The topological polar surface area (TPSA) is 8.17 Å². The molecule has 0 aliphatic carbocycles. The van der Waals surface area contributed by atoms with Gasteiger partial charge < -0.3 is 9.47 Å². The molecule has 0 amide bonds. The molecule has 1 heterocycles. The molecule has 1 aromatic heterocycles. The molecule has 0 saturated heterocycles. The molecule has 0 fully saturated rings. The lowest BCUT2D eigenvalue weighted by Crippen LogP contribution is -2.10. The molecule has 0 spiro atoms. The Kier molecular flexibility index (Phi) is 8.87. The first-order valence-electron chi connectivity index (χ1n) is 20.6. The van der Waals surface area contributed by atoms with Gasteiger partial charge in [0.15, 0.2) is 0 Å². The molecular weight excluding hydrogens is 725 g/mol. The number of rotatable bonds is 8. The number of nitrogens with zero attached hydrogens (tertiary/aromatic N) is 2. The van der Waals surface area contributed by atoms with Crippen molar-refractivity contribution in [1.82, 2.24) is 4.57 Å². The van der Waals surface area contributed by atoms with Crippen molar-refractivity contribution in [3.05, 3.63) is 243 Å². The van der Waals surface area contributed by atoms with Gasteiger partial charge >= 0.3 is 0 Å². The van der Waals surface area contributed by atoms with Crippen LogP contribution in [0, 0.1) is 0 Å². The van der Waals surface area contributed by atoms with E-state index in [1.54, 1.807) is 0 Å². The van der Waals surface area contributed by atoms with Gasteiger partial charge in [0.05, 0.1) is 11.0 Å². The molecule has 0 bridgehead atoms. The Morgan fingerprint density at radius 1 is 0.267 bits per heavy atom. The lowest BCUT2D eigenvalue weighted by atomic mass is 10.00. The lowest BCUT2D eigenvalue weighted by molar-refractivity contribution is 1.18. The zero-order chi connectivity index (χ0) is 39.8. The van der Waals surface area contributed by atoms with Crippen LogP contribution in [0.25, 0.3) is 82.8 Å². The first-order chi connectivity index (χ1) is 29.7. The summed E-state index contributed by atoms with van der Waals surface area (Å²) in [5.41, 5.74) is 16.4. The van der Waals surface area contributed by atoms with E-state index >= 15 is 0 Å². The minimum atomic E-state index is 1.10. The van der Waals surface area contributed by atoms with Crippen LogP contribution in [-0.4, -0.2) is 4.57 Å². The van der Waals surface area contributed by atoms with Crippen molar-refractivity contribution in [2.24, 2.45) is 0 Å². The van der Waals surface area contributed by atoms with Crippen molar-refractivity contribution in [3.63, 3.8) is 0 Å². The summed E-state index contributed by atoms with van der Waals surface area (Å²) in [6.07, 6.45) is 0. The molecule has 0 radical (unpaired) electrons. The van der Waals surface area contributed by atoms with Crippen LogP contribution in [0.15, 0.2) is 243 Å². The van der Waals surface area contributed by atoms with Crippen molar-refractivity contribution < 1.29 is 0 Å². The van der Waals surface area contributed by atoms with E-state index in [0.29, 0.717) is 0 Å². The van der Waals surface area contributed by atoms with Crippen LogP contribution in [-0.2, 0) is 0 Å². The molecule has 2 nitrogen and oxygen atoms in total. The average molecular weight is 765 g/mol. The summed E-state index contributed by atoms with van der Waals surface area (Å²) >= 11 is 0. The van der Waals surface area contributed by atoms with Crippen molar-refractivity contribution >= 4 is 49.6 Å². The van der Waals surface area contributed by atoms with E-state index in [1.807, 2.05) is 0 Å². The molecule has 11 rings (SSSR count). The van der Waals surface area contributed by atoms with Gasteiger partial charge in [-0.2, -0.15) is 0 Å². The normalized spacial score (nSPS) is 11.3. The smallest absolute Gasteiger partial charge is 0.0547 e. The number of fused-ring (bicyclic) bond motifs is 5. The van der Waals surface area contributed by atoms with Gasteiger partial charge in [-0.1, -0.05) is 182 Å². The van der Waals surface area contributed by atoms with Gasteiger partial charge in [-0.15, -0.1) is 0 Å². The zero-order valence-electron chi connectivity index (χ0n) is 33.0. The first kappa shape index (κ1) is 35.2. The SMILES string of the molecule is c1ccc(-c2ccc(-c3ccc(N(c4ccc(-c5ccccc5)cc4)c4cccc(-c5ccc(-n6c7ccccc7c7c8ccccc8ccc76)cc5)c4)cc3)cc2)cc1. The van der Waals surface area contributed by atoms with Gasteiger partial charge in [0.2, 0.25) is 0 Å². The summed E-state index contributed by atoms with van der Waals surface area (Å²) < 4.78 is 2.40. The molecule has 2 heteroatoms. The Morgan fingerprint density at radius 3 is 1.32 bits per heavy atom. The van der Waals surface area contributed by atoms with Gasteiger partial charge in [-0.3, -0.25) is 0 Å². The van der Waals surface area contributed by atoms with E-state index in [-0.39, 0.29) is 0 Å². The van der Waals surface area contributed by atoms with E-state index in [0.717, 1.165) is 28.3 Å². The predicted molar refractivity (Wildman–Crippen MR) is 255 cm³/mol. The molecule has 0 aliphatic heterocycles. The maximum atomic E-state index is 2.40. The Morgan fingerprint density at radius 2 is 0.717 bits per heavy atom. The molecule has 60 heavy (non-hydrogen) atoms. The van der Waals surface area contributed by atoms with Crippen LogP contribution in [0.1, 0.15) is 0 Å². The molecule has 282 valence electrons. The number of benzene rings is 10. The molecule has 0 atom stereocenters. The Balaban J connectivity index is 0.953. The van der Waals surface area contributed by atoms with E-state index in [2.05, 4.69) is 252 Å². The number of hydrogen-bond acceptors (Lipinski definition) is 1. The molecular formula is C58H40N2. The molecule has 0 saturated carbocycles. The third kappa shape index (κ3) is 6.41. The van der Waals surface area contributed by atoms with Gasteiger partial charge in [0, 0.05) is 33.5 Å². The molecule has 0 N–H and O–H groups in total. The van der Waals surface area contributed by atoms with E-state index in [1.165, 1.54) is 71.5 Å². The van der Waals surface area contributed by atoms with Gasteiger partial charge in [0.25, 0.3) is 0 Å². The maximum absolute atomic E-state index is 2.40. The van der Waals surface area contributed by atoms with Crippen LogP contribution in [0.3, 0.4) is 0 Å². The fourth-order valence-electron chi connectivity index (χ4n) is 8.81. The second-order valence-electron chi connectivity index (χ2n) is 15.4. The van der Waals surface area contributed by atoms with E-state index in [4.69, 9.17) is 0 Å². The van der Waals surface area contributed by atoms with Crippen molar-refractivity contribution in [2.45, 2.75) is 0 Å². The van der Waals surface area contributed by atoms with Gasteiger partial charge in [-0.05, 0) is 116 Å². The van der Waals surface area contributed by atoms with E-state index in [9.17, 15) is 0 Å².